The smallest absolute Gasteiger partial charge is 0.0888 e. The fourth-order valence-corrected chi connectivity index (χ4v) is 1.71. The summed E-state index contributed by atoms with van der Waals surface area (Å²) in [5, 5.41) is 0. The summed E-state index contributed by atoms with van der Waals surface area (Å²) in [4.78, 5) is 0. The summed E-state index contributed by atoms with van der Waals surface area (Å²) in [7, 11) is 0. The molecule has 1 aromatic rings. The maximum Gasteiger partial charge on any atom is 0.0888 e. The summed E-state index contributed by atoms with van der Waals surface area (Å²) in [6.45, 7) is 10.5. The zero-order valence-electron chi connectivity index (χ0n) is 9.99. The Hall–Kier alpha value is -1.50. The molecule has 1 unspecified atom stereocenters. The molecule has 0 saturated heterocycles. The minimum atomic E-state index is 0.387. The molecule has 1 heteroatoms. The van der Waals surface area contributed by atoms with Crippen LogP contribution in [0.4, 0.5) is 0 Å². The van der Waals surface area contributed by atoms with E-state index in [9.17, 15) is 0 Å². The number of benzene rings is 1. The molecule has 0 aromatic heterocycles. The van der Waals surface area contributed by atoms with Gasteiger partial charge in [0.1, 0.15) is 0 Å². The van der Waals surface area contributed by atoms with Crippen molar-refractivity contribution in [3.05, 3.63) is 60.9 Å². The second-order valence-corrected chi connectivity index (χ2v) is 3.76. The van der Waals surface area contributed by atoms with Crippen LogP contribution in [-0.2, 0) is 4.74 Å². The van der Waals surface area contributed by atoms with Gasteiger partial charge in [0.2, 0.25) is 0 Å². The van der Waals surface area contributed by atoms with Crippen molar-refractivity contribution >= 4 is 0 Å². The lowest BCUT2D eigenvalue weighted by Crippen LogP contribution is -1.97. The molecular weight excluding hydrogens is 196 g/mol. The van der Waals surface area contributed by atoms with Gasteiger partial charge in [0.05, 0.1) is 12.4 Å². The van der Waals surface area contributed by atoms with Crippen molar-refractivity contribution in [2.24, 2.45) is 0 Å². The molecule has 1 nitrogen and oxygen atoms in total. The average Bonchev–Trinajstić information content (AvgIpc) is 2.31. The molecule has 16 heavy (non-hydrogen) atoms. The Kier molecular flexibility index (Phi) is 5.41. The Morgan fingerprint density at radius 3 is 2.62 bits per heavy atom. The fraction of sp³-hybridized carbons (Fsp3) is 0.333. The summed E-state index contributed by atoms with van der Waals surface area (Å²) < 4.78 is 5.34. The summed E-state index contributed by atoms with van der Waals surface area (Å²) >= 11 is 0. The van der Waals surface area contributed by atoms with Gasteiger partial charge in [0, 0.05) is 12.3 Å². The topological polar surface area (TPSA) is 9.23 Å². The van der Waals surface area contributed by atoms with Crippen LogP contribution in [0.3, 0.4) is 0 Å². The van der Waals surface area contributed by atoms with Gasteiger partial charge in [0.25, 0.3) is 0 Å². The highest BCUT2D eigenvalue weighted by Gasteiger charge is 2.07. The highest BCUT2D eigenvalue weighted by atomic mass is 16.5. The molecule has 1 atom stereocenters. The third-order valence-electron chi connectivity index (χ3n) is 2.59. The van der Waals surface area contributed by atoms with Gasteiger partial charge in [-0.25, -0.2) is 0 Å². The monoisotopic (exact) mass is 216 g/mol. The van der Waals surface area contributed by atoms with E-state index in [4.69, 9.17) is 4.74 Å². The minimum absolute atomic E-state index is 0.387. The van der Waals surface area contributed by atoms with Crippen molar-refractivity contribution in [1.82, 2.24) is 0 Å². The van der Waals surface area contributed by atoms with E-state index in [1.54, 1.807) is 0 Å². The molecular formula is C15H20O. The van der Waals surface area contributed by atoms with Crippen molar-refractivity contribution in [3.8, 4) is 0 Å². The average molecular weight is 216 g/mol. The standard InChI is InChI=1S/C15H20O/c1-4-14(12-11-13(3)16-5-2)15-9-7-6-8-10-15/h4,6-10,14H,1,3,5,11-12H2,2H3. The van der Waals surface area contributed by atoms with Crippen molar-refractivity contribution in [3.63, 3.8) is 0 Å². The zero-order chi connectivity index (χ0) is 11.8. The van der Waals surface area contributed by atoms with Crippen LogP contribution in [0.5, 0.6) is 0 Å². The van der Waals surface area contributed by atoms with E-state index in [1.807, 2.05) is 19.1 Å². The number of allylic oxidation sites excluding steroid dienone is 2. The lowest BCUT2D eigenvalue weighted by atomic mass is 9.94. The van der Waals surface area contributed by atoms with Crippen LogP contribution < -0.4 is 0 Å². The lowest BCUT2D eigenvalue weighted by molar-refractivity contribution is 0.218. The maximum atomic E-state index is 5.34. The molecule has 0 aliphatic carbocycles. The van der Waals surface area contributed by atoms with Crippen LogP contribution in [0, 0.1) is 0 Å². The van der Waals surface area contributed by atoms with Crippen LogP contribution in [-0.4, -0.2) is 6.61 Å². The van der Waals surface area contributed by atoms with E-state index in [2.05, 4.69) is 37.4 Å². The van der Waals surface area contributed by atoms with Gasteiger partial charge in [-0.15, -0.1) is 6.58 Å². The summed E-state index contributed by atoms with van der Waals surface area (Å²) in [6, 6.07) is 10.4. The zero-order valence-corrected chi connectivity index (χ0v) is 9.99. The Bertz CT molecular complexity index is 327. The van der Waals surface area contributed by atoms with Gasteiger partial charge in [-0.2, -0.15) is 0 Å². The van der Waals surface area contributed by atoms with Gasteiger partial charge in [-0.1, -0.05) is 43.0 Å². The van der Waals surface area contributed by atoms with Crippen LogP contribution >= 0.6 is 0 Å². The number of rotatable bonds is 7. The van der Waals surface area contributed by atoms with Crippen LogP contribution in [0.25, 0.3) is 0 Å². The second kappa shape index (κ2) is 6.89. The van der Waals surface area contributed by atoms with E-state index in [1.165, 1.54) is 5.56 Å². The molecule has 0 saturated carbocycles. The van der Waals surface area contributed by atoms with E-state index in [-0.39, 0.29) is 0 Å². The number of ether oxygens (including phenoxy) is 1. The molecule has 0 amide bonds. The highest BCUT2D eigenvalue weighted by molar-refractivity contribution is 5.23. The molecule has 0 spiro atoms. The van der Waals surface area contributed by atoms with Crippen molar-refractivity contribution in [2.45, 2.75) is 25.7 Å². The molecule has 0 radical (unpaired) electrons. The SMILES string of the molecule is C=CC(CCC(=C)OCC)c1ccccc1. The number of hydrogen-bond acceptors (Lipinski definition) is 1. The predicted molar refractivity (Wildman–Crippen MR) is 69.4 cm³/mol. The first-order valence-electron chi connectivity index (χ1n) is 5.76. The predicted octanol–water partition coefficient (Wildman–Crippen LogP) is 4.29. The number of hydrogen-bond donors (Lipinski definition) is 0. The van der Waals surface area contributed by atoms with E-state index < -0.39 is 0 Å². The van der Waals surface area contributed by atoms with Crippen LogP contribution in [0.2, 0.25) is 0 Å². The van der Waals surface area contributed by atoms with Gasteiger partial charge in [-0.05, 0) is 18.9 Å². The van der Waals surface area contributed by atoms with Crippen molar-refractivity contribution in [2.75, 3.05) is 6.61 Å². The fourth-order valence-electron chi connectivity index (χ4n) is 1.71. The Morgan fingerprint density at radius 1 is 1.38 bits per heavy atom. The summed E-state index contributed by atoms with van der Waals surface area (Å²) in [5.41, 5.74) is 1.31. The Balaban J connectivity index is 2.50. The molecule has 0 fully saturated rings. The molecule has 1 aromatic carbocycles. The summed E-state index contributed by atoms with van der Waals surface area (Å²) in [6.07, 6.45) is 3.89. The third-order valence-corrected chi connectivity index (χ3v) is 2.59. The van der Waals surface area contributed by atoms with Gasteiger partial charge >= 0.3 is 0 Å². The molecule has 0 bridgehead atoms. The van der Waals surface area contributed by atoms with Gasteiger partial charge < -0.3 is 4.74 Å². The first-order chi connectivity index (χ1) is 7.77. The molecule has 1 rings (SSSR count). The first kappa shape index (κ1) is 12.6. The van der Waals surface area contributed by atoms with Gasteiger partial charge in [-0.3, -0.25) is 0 Å². The molecule has 0 aliphatic heterocycles. The Labute approximate surface area is 98.5 Å². The molecule has 0 aliphatic rings. The second-order valence-electron chi connectivity index (χ2n) is 3.76. The third kappa shape index (κ3) is 3.93. The lowest BCUT2D eigenvalue weighted by Gasteiger charge is -2.14. The van der Waals surface area contributed by atoms with E-state index in [0.29, 0.717) is 12.5 Å². The first-order valence-corrected chi connectivity index (χ1v) is 5.76. The molecule has 0 heterocycles. The Morgan fingerprint density at radius 2 is 2.06 bits per heavy atom. The normalized spacial score (nSPS) is 11.8. The van der Waals surface area contributed by atoms with Crippen LogP contribution in [0.15, 0.2) is 55.3 Å². The van der Waals surface area contributed by atoms with E-state index >= 15 is 0 Å². The van der Waals surface area contributed by atoms with E-state index in [0.717, 1.165) is 18.6 Å². The van der Waals surface area contributed by atoms with Gasteiger partial charge in [0.15, 0.2) is 0 Å². The quantitative estimate of drug-likeness (QED) is 0.488. The minimum Gasteiger partial charge on any atom is -0.499 e. The van der Waals surface area contributed by atoms with Crippen molar-refractivity contribution in [1.29, 1.82) is 0 Å². The molecule has 0 N–H and O–H groups in total. The summed E-state index contributed by atoms with van der Waals surface area (Å²) in [5.74, 6) is 1.25. The van der Waals surface area contributed by atoms with Crippen molar-refractivity contribution < 1.29 is 4.74 Å². The highest BCUT2D eigenvalue weighted by Crippen LogP contribution is 2.23. The molecule has 86 valence electrons. The van der Waals surface area contributed by atoms with Crippen LogP contribution in [0.1, 0.15) is 31.2 Å². The maximum absolute atomic E-state index is 5.34. The largest absolute Gasteiger partial charge is 0.499 e.